The molecule has 1 rings (SSSR count). The molecule has 1 atom stereocenters. The Bertz CT molecular complexity index is 598. The third-order valence-electron chi connectivity index (χ3n) is 3.02. The van der Waals surface area contributed by atoms with Crippen LogP contribution in [0.1, 0.15) is 27.2 Å². The number of carboxylic acid groups (broad SMARTS) is 1. The number of carboxylic acids is 1. The predicted octanol–water partition coefficient (Wildman–Crippen LogP) is 0.890. The zero-order valence-electron chi connectivity index (χ0n) is 12.6. The van der Waals surface area contributed by atoms with Gasteiger partial charge in [0, 0.05) is 13.1 Å². The van der Waals surface area contributed by atoms with Crippen molar-refractivity contribution in [1.82, 2.24) is 9.62 Å². The van der Waals surface area contributed by atoms with Crippen LogP contribution in [0.4, 0.5) is 18.0 Å². The van der Waals surface area contributed by atoms with E-state index in [0.717, 1.165) is 0 Å². The van der Waals surface area contributed by atoms with E-state index in [1.54, 1.807) is 0 Å². The zero-order valence-corrected chi connectivity index (χ0v) is 13.4. The molecule has 12 heteroatoms. The van der Waals surface area contributed by atoms with Crippen molar-refractivity contribution in [2.24, 2.45) is 0 Å². The van der Waals surface area contributed by atoms with Gasteiger partial charge >= 0.3 is 27.6 Å². The van der Waals surface area contributed by atoms with Crippen LogP contribution in [0, 0.1) is 0 Å². The summed E-state index contributed by atoms with van der Waals surface area (Å²) in [6.07, 6.45) is -1.68. The number of hydrogen-bond acceptors (Lipinski definition) is 5. The molecule has 1 unspecified atom stereocenters. The monoisotopic (exact) mass is 362 g/mol. The Balaban J connectivity index is 2.99. The van der Waals surface area contributed by atoms with Gasteiger partial charge in [0.15, 0.2) is 5.54 Å². The van der Waals surface area contributed by atoms with Gasteiger partial charge < -0.3 is 15.2 Å². The standard InChI is InChI=1S/C11H17F3N2O6S/c1-9(2,3)22-8(19)15-10(7(17)18)4-5-16(6-10)23(20,21)11(12,13)14/h4-6H2,1-3H3,(H,15,19)(H,17,18). The van der Waals surface area contributed by atoms with E-state index in [1.165, 1.54) is 20.8 Å². The Hall–Kier alpha value is -1.56. The maximum Gasteiger partial charge on any atom is 0.511 e. The highest BCUT2D eigenvalue weighted by Crippen LogP contribution is 2.33. The quantitative estimate of drug-likeness (QED) is 0.771. The second-order valence-electron chi connectivity index (χ2n) is 6.05. The molecule has 0 aromatic carbocycles. The fraction of sp³-hybridized carbons (Fsp3) is 0.818. The first-order valence-electron chi connectivity index (χ1n) is 6.42. The van der Waals surface area contributed by atoms with Gasteiger partial charge in [-0.2, -0.15) is 17.5 Å². The summed E-state index contributed by atoms with van der Waals surface area (Å²) in [6.45, 7) is 2.80. The van der Waals surface area contributed by atoms with E-state index in [0.29, 0.717) is 0 Å². The van der Waals surface area contributed by atoms with Crippen molar-refractivity contribution in [2.45, 2.75) is 43.8 Å². The molecule has 0 aromatic heterocycles. The molecule has 1 aliphatic heterocycles. The number of halogens is 3. The van der Waals surface area contributed by atoms with Gasteiger partial charge in [0.25, 0.3) is 0 Å². The Morgan fingerprint density at radius 2 is 1.78 bits per heavy atom. The van der Waals surface area contributed by atoms with E-state index >= 15 is 0 Å². The molecule has 0 aliphatic carbocycles. The number of alkyl carbamates (subject to hydrolysis) is 1. The first-order chi connectivity index (χ1) is 10.1. The average Bonchev–Trinajstić information content (AvgIpc) is 2.70. The third-order valence-corrected chi connectivity index (χ3v) is 4.59. The minimum Gasteiger partial charge on any atom is -0.479 e. The number of rotatable bonds is 3. The highest BCUT2D eigenvalue weighted by molar-refractivity contribution is 7.90. The number of nitrogens with zero attached hydrogens (tertiary/aromatic N) is 1. The number of alkyl halides is 3. The molecule has 1 amide bonds. The van der Waals surface area contributed by atoms with Crippen molar-refractivity contribution in [3.05, 3.63) is 0 Å². The Morgan fingerprint density at radius 3 is 2.17 bits per heavy atom. The summed E-state index contributed by atoms with van der Waals surface area (Å²) in [5, 5.41) is 11.2. The average molecular weight is 362 g/mol. The van der Waals surface area contributed by atoms with Gasteiger partial charge in [-0.25, -0.2) is 18.0 Å². The molecule has 23 heavy (non-hydrogen) atoms. The maximum atomic E-state index is 12.5. The first kappa shape index (κ1) is 19.5. The minimum absolute atomic E-state index is 0.0154. The van der Waals surface area contributed by atoms with Crippen LogP contribution < -0.4 is 5.32 Å². The summed E-state index contributed by atoms with van der Waals surface area (Å²) in [4.78, 5) is 23.1. The van der Waals surface area contributed by atoms with E-state index in [-0.39, 0.29) is 4.31 Å². The number of aliphatic carboxylic acids is 1. The molecule has 1 heterocycles. The van der Waals surface area contributed by atoms with E-state index in [9.17, 15) is 36.3 Å². The number of hydrogen-bond donors (Lipinski definition) is 2. The lowest BCUT2D eigenvalue weighted by atomic mass is 9.99. The van der Waals surface area contributed by atoms with Gasteiger partial charge in [0.05, 0.1) is 0 Å². The van der Waals surface area contributed by atoms with Crippen molar-refractivity contribution in [1.29, 1.82) is 0 Å². The van der Waals surface area contributed by atoms with Crippen LogP contribution in [0.2, 0.25) is 0 Å². The van der Waals surface area contributed by atoms with E-state index in [4.69, 9.17) is 4.74 Å². The maximum absolute atomic E-state index is 12.5. The molecule has 0 radical (unpaired) electrons. The predicted molar refractivity (Wildman–Crippen MR) is 70.9 cm³/mol. The van der Waals surface area contributed by atoms with Crippen LogP contribution in [0.5, 0.6) is 0 Å². The fourth-order valence-electron chi connectivity index (χ4n) is 1.96. The number of carbonyl (C=O) groups is 2. The number of sulfonamides is 1. The topological polar surface area (TPSA) is 113 Å². The van der Waals surface area contributed by atoms with Crippen molar-refractivity contribution in [2.75, 3.05) is 13.1 Å². The second kappa shape index (κ2) is 5.82. The Kier molecular flexibility index (Phi) is 4.93. The van der Waals surface area contributed by atoms with Crippen LogP contribution in [0.25, 0.3) is 0 Å². The molecule has 8 nitrogen and oxygen atoms in total. The molecule has 0 saturated carbocycles. The molecule has 0 spiro atoms. The number of nitrogens with one attached hydrogen (secondary N) is 1. The largest absolute Gasteiger partial charge is 0.511 e. The summed E-state index contributed by atoms with van der Waals surface area (Å²) in [5.41, 5.74) is -8.69. The minimum atomic E-state index is -5.67. The zero-order chi connectivity index (χ0) is 18.3. The van der Waals surface area contributed by atoms with Gasteiger partial charge in [-0.05, 0) is 27.2 Å². The van der Waals surface area contributed by atoms with Crippen molar-refractivity contribution < 1.29 is 41.0 Å². The lowest BCUT2D eigenvalue weighted by Gasteiger charge is -2.28. The van der Waals surface area contributed by atoms with Gasteiger partial charge in [-0.1, -0.05) is 0 Å². The van der Waals surface area contributed by atoms with Crippen LogP contribution >= 0.6 is 0 Å². The van der Waals surface area contributed by atoms with Crippen LogP contribution in [0.15, 0.2) is 0 Å². The number of ether oxygens (including phenoxy) is 1. The second-order valence-corrected chi connectivity index (χ2v) is 7.98. The first-order valence-corrected chi connectivity index (χ1v) is 7.86. The van der Waals surface area contributed by atoms with E-state index in [2.05, 4.69) is 0 Å². The van der Waals surface area contributed by atoms with Crippen LogP contribution in [-0.4, -0.2) is 59.6 Å². The van der Waals surface area contributed by atoms with Gasteiger partial charge in [-0.15, -0.1) is 0 Å². The van der Waals surface area contributed by atoms with Crippen molar-refractivity contribution in [3.8, 4) is 0 Å². The number of carbonyl (C=O) groups excluding carboxylic acids is 1. The van der Waals surface area contributed by atoms with Gasteiger partial charge in [0.1, 0.15) is 5.60 Å². The summed E-state index contributed by atoms with van der Waals surface area (Å²) >= 11 is 0. The third kappa shape index (κ3) is 4.25. The normalized spacial score (nSPS) is 23.6. The molecule has 2 N–H and O–H groups in total. The van der Waals surface area contributed by atoms with Crippen molar-refractivity contribution >= 4 is 22.1 Å². The summed E-state index contributed by atoms with van der Waals surface area (Å²) < 4.78 is 65.1. The lowest BCUT2D eigenvalue weighted by Crippen LogP contribution is -2.57. The molecule has 0 bridgehead atoms. The molecular formula is C11H17F3N2O6S. The Morgan fingerprint density at radius 1 is 1.26 bits per heavy atom. The highest BCUT2D eigenvalue weighted by atomic mass is 32.2. The summed E-state index contributed by atoms with van der Waals surface area (Å²) in [6, 6.07) is 0. The summed E-state index contributed by atoms with van der Waals surface area (Å²) in [7, 11) is -5.67. The van der Waals surface area contributed by atoms with Gasteiger partial charge in [0.2, 0.25) is 0 Å². The number of amides is 1. The van der Waals surface area contributed by atoms with E-state index < -0.39 is 58.2 Å². The highest BCUT2D eigenvalue weighted by Gasteiger charge is 2.57. The summed E-state index contributed by atoms with van der Waals surface area (Å²) in [5.74, 6) is -1.65. The van der Waals surface area contributed by atoms with Crippen LogP contribution in [0.3, 0.4) is 0 Å². The van der Waals surface area contributed by atoms with Gasteiger partial charge in [-0.3, -0.25) is 0 Å². The van der Waals surface area contributed by atoms with Crippen LogP contribution in [-0.2, 0) is 19.6 Å². The SMILES string of the molecule is CC(C)(C)OC(=O)NC1(C(=O)O)CCN(S(=O)(=O)C(F)(F)F)C1. The smallest absolute Gasteiger partial charge is 0.479 e. The molecule has 0 aromatic rings. The molecular weight excluding hydrogens is 345 g/mol. The van der Waals surface area contributed by atoms with E-state index in [1.807, 2.05) is 5.32 Å². The lowest BCUT2D eigenvalue weighted by molar-refractivity contribution is -0.144. The molecule has 1 aliphatic rings. The molecule has 1 saturated heterocycles. The van der Waals surface area contributed by atoms with Crippen molar-refractivity contribution in [3.63, 3.8) is 0 Å². The fourth-order valence-corrected chi connectivity index (χ4v) is 2.97. The molecule has 134 valence electrons. The molecule has 1 fully saturated rings. The Labute approximate surface area is 130 Å².